The third-order valence-corrected chi connectivity index (χ3v) is 4.35. The van der Waals surface area contributed by atoms with Crippen molar-refractivity contribution in [3.05, 3.63) is 60.2 Å². The predicted octanol–water partition coefficient (Wildman–Crippen LogP) is 4.73. The van der Waals surface area contributed by atoms with E-state index in [1.165, 1.54) is 12.2 Å². The average Bonchev–Trinajstić information content (AvgIpc) is 2.61. The highest BCUT2D eigenvalue weighted by Crippen LogP contribution is 2.48. The second-order valence-electron chi connectivity index (χ2n) is 7.28. The predicted molar refractivity (Wildman–Crippen MR) is 112 cm³/mol. The van der Waals surface area contributed by atoms with Crippen LogP contribution in [0.3, 0.4) is 0 Å². The topological polar surface area (TPSA) is 85.3 Å². The van der Waals surface area contributed by atoms with E-state index in [1.807, 2.05) is 26.8 Å². The van der Waals surface area contributed by atoms with E-state index in [-0.39, 0.29) is 12.0 Å². The van der Waals surface area contributed by atoms with Crippen LogP contribution in [0.2, 0.25) is 0 Å². The zero-order valence-electron chi connectivity index (χ0n) is 16.7. The maximum Gasteiger partial charge on any atom is 0.476 e. The summed E-state index contributed by atoms with van der Waals surface area (Å²) in [5, 5.41) is 1.31. The van der Waals surface area contributed by atoms with Gasteiger partial charge in [0, 0.05) is 17.7 Å². The summed E-state index contributed by atoms with van der Waals surface area (Å²) in [4.78, 5) is 27.3. The zero-order chi connectivity index (χ0) is 21.7. The minimum atomic E-state index is -4.53. The van der Waals surface area contributed by atoms with E-state index in [1.54, 1.807) is 48.5 Å². The summed E-state index contributed by atoms with van der Waals surface area (Å²) >= 11 is 5.24. The highest BCUT2D eigenvalue weighted by atomic mass is 35.7. The normalized spacial score (nSPS) is 14.6. The van der Waals surface area contributed by atoms with E-state index in [0.29, 0.717) is 11.4 Å². The SMILES string of the molecule is CON(c1ccccc1)C(Cc1ccc(OC(C)(C)C)cc1)C(=O)OP(=O)(O)Cl. The molecule has 0 aliphatic carbocycles. The lowest BCUT2D eigenvalue weighted by molar-refractivity contribution is -0.138. The molecule has 2 aromatic rings. The van der Waals surface area contributed by atoms with Crippen LogP contribution in [0.4, 0.5) is 5.69 Å². The van der Waals surface area contributed by atoms with Crippen molar-refractivity contribution in [1.29, 1.82) is 0 Å². The first-order valence-corrected chi connectivity index (χ1v) is 11.4. The fourth-order valence-electron chi connectivity index (χ4n) is 2.69. The van der Waals surface area contributed by atoms with Gasteiger partial charge in [-0.3, -0.25) is 4.84 Å². The molecule has 0 aliphatic heterocycles. The van der Waals surface area contributed by atoms with E-state index < -0.39 is 19.0 Å². The maximum atomic E-state index is 12.6. The molecule has 9 heteroatoms. The Hall–Kier alpha value is -2.05. The second-order valence-corrected chi connectivity index (χ2v) is 9.65. The standard InChI is InChI=1S/C20H25ClNO6P/c1-20(2,3)27-17-12-10-15(11-13-17)14-18(19(23)28-29(21,24)25)22(26-4)16-8-6-5-7-9-16/h5-13,18H,14H2,1-4H3,(H,24,25). The van der Waals surface area contributed by atoms with Crippen molar-refractivity contribution < 1.29 is 28.4 Å². The summed E-state index contributed by atoms with van der Waals surface area (Å²) < 4.78 is 21.8. The quantitative estimate of drug-likeness (QED) is 0.468. The molecule has 0 aliphatic rings. The number of hydroxylamine groups is 1. The molecule has 0 bridgehead atoms. The number of hydrogen-bond donors (Lipinski definition) is 1. The molecule has 0 aromatic heterocycles. The van der Waals surface area contributed by atoms with E-state index in [9.17, 15) is 14.3 Å². The van der Waals surface area contributed by atoms with Gasteiger partial charge in [0.25, 0.3) is 0 Å². The minimum Gasteiger partial charge on any atom is -0.488 e. The van der Waals surface area contributed by atoms with Crippen LogP contribution >= 0.6 is 18.2 Å². The summed E-state index contributed by atoms with van der Waals surface area (Å²) in [5.74, 6) is -0.292. The molecule has 29 heavy (non-hydrogen) atoms. The average molecular weight is 442 g/mol. The molecule has 2 aromatic carbocycles. The molecule has 7 nitrogen and oxygen atoms in total. The van der Waals surface area contributed by atoms with Crippen molar-refractivity contribution in [2.75, 3.05) is 12.2 Å². The molecule has 158 valence electrons. The third kappa shape index (κ3) is 7.71. The molecule has 0 heterocycles. The van der Waals surface area contributed by atoms with Crippen molar-refractivity contribution in [2.24, 2.45) is 0 Å². The number of carbonyl (C=O) groups is 1. The molecule has 0 radical (unpaired) electrons. The van der Waals surface area contributed by atoms with Crippen LogP contribution in [0.1, 0.15) is 26.3 Å². The van der Waals surface area contributed by atoms with Crippen LogP contribution in [0, 0.1) is 0 Å². The minimum absolute atomic E-state index is 0.147. The van der Waals surface area contributed by atoms with Crippen molar-refractivity contribution in [3.8, 4) is 5.75 Å². The highest BCUT2D eigenvalue weighted by Gasteiger charge is 2.33. The van der Waals surface area contributed by atoms with E-state index in [0.717, 1.165) is 5.56 Å². The monoisotopic (exact) mass is 441 g/mol. The van der Waals surface area contributed by atoms with Gasteiger partial charge in [-0.25, -0.2) is 14.4 Å². The van der Waals surface area contributed by atoms with Crippen LogP contribution < -0.4 is 9.80 Å². The Morgan fingerprint density at radius 2 is 1.72 bits per heavy atom. The number of anilines is 1. The van der Waals surface area contributed by atoms with E-state index >= 15 is 0 Å². The summed E-state index contributed by atoms with van der Waals surface area (Å²) in [7, 11) is 1.40. The molecule has 0 spiro atoms. The Morgan fingerprint density at radius 3 is 2.21 bits per heavy atom. The Labute approximate surface area is 175 Å². The van der Waals surface area contributed by atoms with Gasteiger partial charge in [0.1, 0.15) is 11.4 Å². The Balaban J connectivity index is 2.29. The lowest BCUT2D eigenvalue weighted by Gasteiger charge is -2.29. The third-order valence-electron chi connectivity index (χ3n) is 3.74. The molecular weight excluding hydrogens is 417 g/mol. The first-order valence-electron chi connectivity index (χ1n) is 8.91. The first-order chi connectivity index (χ1) is 13.5. The number of nitrogens with zero attached hydrogens (tertiary/aromatic N) is 1. The van der Waals surface area contributed by atoms with Gasteiger partial charge >= 0.3 is 12.9 Å². The highest BCUT2D eigenvalue weighted by molar-refractivity contribution is 7.80. The lowest BCUT2D eigenvalue weighted by atomic mass is 10.0. The molecule has 2 atom stereocenters. The van der Waals surface area contributed by atoms with Crippen molar-refractivity contribution in [3.63, 3.8) is 0 Å². The number of hydrogen-bond acceptors (Lipinski definition) is 6. The van der Waals surface area contributed by atoms with Crippen LogP contribution in [0.25, 0.3) is 0 Å². The number of ether oxygens (including phenoxy) is 1. The van der Waals surface area contributed by atoms with Crippen molar-refractivity contribution >= 4 is 29.8 Å². The van der Waals surface area contributed by atoms with Gasteiger partial charge in [-0.15, -0.1) is 0 Å². The van der Waals surface area contributed by atoms with Gasteiger partial charge in [0.05, 0.1) is 12.8 Å². The molecule has 2 unspecified atom stereocenters. The molecule has 0 amide bonds. The molecule has 2 rings (SSSR count). The molecule has 1 N–H and O–H groups in total. The fraction of sp³-hybridized carbons (Fsp3) is 0.350. The molecular formula is C20H25ClNO6P. The number of rotatable bonds is 8. The van der Waals surface area contributed by atoms with Crippen molar-refractivity contribution in [2.45, 2.75) is 38.8 Å². The largest absolute Gasteiger partial charge is 0.488 e. The Morgan fingerprint density at radius 1 is 1.14 bits per heavy atom. The van der Waals surface area contributed by atoms with Gasteiger partial charge in [-0.2, -0.15) is 0 Å². The van der Waals surface area contributed by atoms with Crippen molar-refractivity contribution in [1.82, 2.24) is 0 Å². The van der Waals surface area contributed by atoms with Gasteiger partial charge in [0.15, 0.2) is 6.04 Å². The van der Waals surface area contributed by atoms with Gasteiger partial charge < -0.3 is 14.2 Å². The first kappa shape index (κ1) is 23.2. The van der Waals surface area contributed by atoms with Crippen LogP contribution in [-0.4, -0.2) is 29.6 Å². The number of para-hydroxylation sites is 1. The maximum absolute atomic E-state index is 12.6. The molecule has 0 fully saturated rings. The number of carbonyl (C=O) groups excluding carboxylic acids is 1. The molecule has 0 saturated heterocycles. The lowest BCUT2D eigenvalue weighted by Crippen LogP contribution is -2.43. The summed E-state index contributed by atoms with van der Waals surface area (Å²) in [5.41, 5.74) is 1.01. The summed E-state index contributed by atoms with van der Waals surface area (Å²) in [6.07, 6.45) is 0.147. The van der Waals surface area contributed by atoms with Gasteiger partial charge in [-0.1, -0.05) is 30.3 Å². The van der Waals surface area contributed by atoms with Crippen LogP contribution in [0.15, 0.2) is 54.6 Å². The zero-order valence-corrected chi connectivity index (χ0v) is 18.4. The summed E-state index contributed by atoms with van der Waals surface area (Å²) in [6, 6.07) is 15.0. The number of benzene rings is 2. The van der Waals surface area contributed by atoms with Gasteiger partial charge in [-0.05, 0) is 50.6 Å². The Kier molecular flexibility index (Phi) is 7.72. The van der Waals surface area contributed by atoms with E-state index in [4.69, 9.17) is 20.8 Å². The van der Waals surface area contributed by atoms with Crippen LogP contribution in [-0.2, 0) is 25.1 Å². The second kappa shape index (κ2) is 9.63. The number of halogens is 1. The smallest absolute Gasteiger partial charge is 0.476 e. The van der Waals surface area contributed by atoms with E-state index in [2.05, 4.69) is 4.52 Å². The Bertz CT molecular complexity index is 848. The summed E-state index contributed by atoms with van der Waals surface area (Å²) in [6.45, 7) is 1.31. The van der Waals surface area contributed by atoms with Gasteiger partial charge in [0.2, 0.25) is 0 Å². The molecule has 0 saturated carbocycles. The van der Waals surface area contributed by atoms with Crippen LogP contribution in [0.5, 0.6) is 5.75 Å². The fourth-order valence-corrected chi connectivity index (χ4v) is 3.24.